The van der Waals surface area contributed by atoms with E-state index in [4.69, 9.17) is 15.2 Å². The van der Waals surface area contributed by atoms with Gasteiger partial charge in [-0.3, -0.25) is 0 Å². The van der Waals surface area contributed by atoms with Gasteiger partial charge in [0.05, 0.1) is 6.54 Å². The average molecular weight is 250 g/mol. The van der Waals surface area contributed by atoms with Crippen molar-refractivity contribution in [2.75, 3.05) is 13.2 Å². The fourth-order valence-corrected chi connectivity index (χ4v) is 1.83. The summed E-state index contributed by atoms with van der Waals surface area (Å²) < 4.78 is 10.6. The molecule has 1 amide bonds. The van der Waals surface area contributed by atoms with E-state index in [-0.39, 0.29) is 18.2 Å². The first-order chi connectivity index (χ1) is 8.56. The molecule has 0 saturated carbocycles. The molecule has 2 rings (SSSR count). The minimum Gasteiger partial charge on any atom is -0.489 e. The Balaban J connectivity index is 1.95. The highest BCUT2D eigenvalue weighted by Crippen LogP contribution is 2.22. The number of cyclic esters (lactones) is 1. The molecule has 0 aliphatic carbocycles. The van der Waals surface area contributed by atoms with E-state index in [1.807, 2.05) is 32.0 Å². The van der Waals surface area contributed by atoms with Crippen LogP contribution in [-0.4, -0.2) is 25.3 Å². The molecule has 0 bridgehead atoms. The summed E-state index contributed by atoms with van der Waals surface area (Å²) in [5.41, 5.74) is 7.92. The number of alkyl carbamates (subject to hydrolysis) is 1. The van der Waals surface area contributed by atoms with Crippen molar-refractivity contribution in [3.8, 4) is 5.75 Å². The van der Waals surface area contributed by atoms with Crippen molar-refractivity contribution >= 4 is 6.09 Å². The van der Waals surface area contributed by atoms with Crippen LogP contribution in [0.2, 0.25) is 0 Å². The summed E-state index contributed by atoms with van der Waals surface area (Å²) in [6.45, 7) is 4.77. The molecule has 1 aromatic rings. The number of aryl methyl sites for hydroxylation is 1. The average Bonchev–Trinajstić information content (AvgIpc) is 2.73. The molecule has 98 valence electrons. The molecule has 2 atom stereocenters. The molecular weight excluding hydrogens is 232 g/mol. The van der Waals surface area contributed by atoms with Crippen molar-refractivity contribution in [3.05, 3.63) is 29.3 Å². The number of nitrogens with one attached hydrogen (secondary N) is 1. The van der Waals surface area contributed by atoms with E-state index in [1.54, 1.807) is 0 Å². The Morgan fingerprint density at radius 3 is 2.94 bits per heavy atom. The van der Waals surface area contributed by atoms with Gasteiger partial charge in [-0.25, -0.2) is 4.79 Å². The molecule has 1 saturated heterocycles. The zero-order chi connectivity index (χ0) is 13.1. The van der Waals surface area contributed by atoms with Crippen LogP contribution in [-0.2, 0) is 4.74 Å². The Labute approximate surface area is 106 Å². The second-order valence-corrected chi connectivity index (χ2v) is 4.53. The molecule has 1 heterocycles. The van der Waals surface area contributed by atoms with Gasteiger partial charge in [0.2, 0.25) is 0 Å². The normalized spacial score (nSPS) is 20.2. The summed E-state index contributed by atoms with van der Waals surface area (Å²) in [4.78, 5) is 10.8. The number of rotatable bonds is 4. The van der Waals surface area contributed by atoms with E-state index < -0.39 is 0 Å². The van der Waals surface area contributed by atoms with Crippen LogP contribution in [0.3, 0.4) is 0 Å². The Kier molecular flexibility index (Phi) is 3.72. The Morgan fingerprint density at radius 1 is 1.61 bits per heavy atom. The predicted octanol–water partition coefficient (Wildman–Crippen LogP) is 1.50. The molecule has 1 fully saturated rings. The Morgan fingerprint density at radius 2 is 2.39 bits per heavy atom. The standard InChI is InChI=1S/C13H18N2O3/c1-8-5-10(9(2)14)3-4-12(8)17-7-11-6-15-13(16)18-11/h3-5,9,11H,6-7,14H2,1-2H3,(H,15,16). The third kappa shape index (κ3) is 2.92. The molecule has 0 spiro atoms. The number of amides is 1. The van der Waals surface area contributed by atoms with E-state index in [1.165, 1.54) is 0 Å². The van der Waals surface area contributed by atoms with Gasteiger partial charge >= 0.3 is 6.09 Å². The van der Waals surface area contributed by atoms with Crippen molar-refractivity contribution < 1.29 is 14.3 Å². The summed E-state index contributed by atoms with van der Waals surface area (Å²) in [6.07, 6.45) is -0.599. The highest BCUT2D eigenvalue weighted by Gasteiger charge is 2.23. The third-order valence-corrected chi connectivity index (χ3v) is 2.90. The highest BCUT2D eigenvalue weighted by atomic mass is 16.6. The lowest BCUT2D eigenvalue weighted by Crippen LogP contribution is -2.22. The van der Waals surface area contributed by atoms with Crippen LogP contribution in [0, 0.1) is 6.92 Å². The highest BCUT2D eigenvalue weighted by molar-refractivity contribution is 5.69. The Hall–Kier alpha value is -1.75. The van der Waals surface area contributed by atoms with Crippen molar-refractivity contribution in [2.45, 2.75) is 26.0 Å². The number of carbonyl (C=O) groups excluding carboxylic acids is 1. The maximum absolute atomic E-state index is 10.8. The first-order valence-corrected chi connectivity index (χ1v) is 5.99. The van der Waals surface area contributed by atoms with Crippen molar-refractivity contribution in [1.82, 2.24) is 5.32 Å². The van der Waals surface area contributed by atoms with Gasteiger partial charge < -0.3 is 20.5 Å². The molecule has 1 aliphatic rings. The fraction of sp³-hybridized carbons (Fsp3) is 0.462. The first kappa shape index (κ1) is 12.7. The zero-order valence-corrected chi connectivity index (χ0v) is 10.6. The van der Waals surface area contributed by atoms with Gasteiger partial charge in [0.15, 0.2) is 6.10 Å². The van der Waals surface area contributed by atoms with Gasteiger partial charge in [-0.1, -0.05) is 12.1 Å². The lowest BCUT2D eigenvalue weighted by molar-refractivity contribution is 0.104. The van der Waals surface area contributed by atoms with E-state index in [9.17, 15) is 4.79 Å². The molecule has 1 aromatic carbocycles. The smallest absolute Gasteiger partial charge is 0.407 e. The van der Waals surface area contributed by atoms with Crippen LogP contribution < -0.4 is 15.8 Å². The largest absolute Gasteiger partial charge is 0.489 e. The van der Waals surface area contributed by atoms with Crippen LogP contribution in [0.15, 0.2) is 18.2 Å². The predicted molar refractivity (Wildman–Crippen MR) is 67.5 cm³/mol. The number of hydrogen-bond acceptors (Lipinski definition) is 4. The summed E-state index contributed by atoms with van der Waals surface area (Å²) in [5.74, 6) is 0.794. The zero-order valence-electron chi connectivity index (χ0n) is 10.6. The molecule has 0 radical (unpaired) electrons. The number of hydrogen-bond donors (Lipinski definition) is 2. The topological polar surface area (TPSA) is 73.6 Å². The third-order valence-electron chi connectivity index (χ3n) is 2.90. The lowest BCUT2D eigenvalue weighted by Gasteiger charge is -2.14. The van der Waals surface area contributed by atoms with Gasteiger partial charge in [0.1, 0.15) is 12.4 Å². The van der Waals surface area contributed by atoms with Crippen LogP contribution >= 0.6 is 0 Å². The monoisotopic (exact) mass is 250 g/mol. The summed E-state index contributed by atoms with van der Waals surface area (Å²) in [7, 11) is 0. The van der Waals surface area contributed by atoms with Gasteiger partial charge in [-0.15, -0.1) is 0 Å². The van der Waals surface area contributed by atoms with E-state index in [0.29, 0.717) is 13.2 Å². The van der Waals surface area contributed by atoms with Crippen molar-refractivity contribution in [3.63, 3.8) is 0 Å². The fourth-order valence-electron chi connectivity index (χ4n) is 1.83. The summed E-state index contributed by atoms with van der Waals surface area (Å²) >= 11 is 0. The second-order valence-electron chi connectivity index (χ2n) is 4.53. The van der Waals surface area contributed by atoms with E-state index in [2.05, 4.69) is 5.32 Å². The van der Waals surface area contributed by atoms with Gasteiger partial charge in [0.25, 0.3) is 0 Å². The van der Waals surface area contributed by atoms with Crippen molar-refractivity contribution in [2.24, 2.45) is 5.73 Å². The van der Waals surface area contributed by atoms with E-state index in [0.717, 1.165) is 16.9 Å². The molecule has 5 nitrogen and oxygen atoms in total. The van der Waals surface area contributed by atoms with Crippen LogP contribution in [0.25, 0.3) is 0 Å². The minimum atomic E-state index is -0.382. The first-order valence-electron chi connectivity index (χ1n) is 5.99. The number of ether oxygens (including phenoxy) is 2. The quantitative estimate of drug-likeness (QED) is 0.849. The maximum atomic E-state index is 10.8. The molecule has 2 unspecified atom stereocenters. The lowest BCUT2D eigenvalue weighted by atomic mass is 10.1. The van der Waals surface area contributed by atoms with Crippen molar-refractivity contribution in [1.29, 1.82) is 0 Å². The number of benzene rings is 1. The SMILES string of the molecule is Cc1cc(C(C)N)ccc1OCC1CNC(=O)O1. The summed E-state index contributed by atoms with van der Waals surface area (Å²) in [5, 5.41) is 2.59. The maximum Gasteiger partial charge on any atom is 0.407 e. The van der Waals surface area contributed by atoms with Gasteiger partial charge in [-0.2, -0.15) is 0 Å². The molecule has 0 aromatic heterocycles. The molecule has 3 N–H and O–H groups in total. The Bertz CT molecular complexity index is 446. The minimum absolute atomic E-state index is 0.0118. The molecule has 5 heteroatoms. The van der Waals surface area contributed by atoms with Crippen LogP contribution in [0.1, 0.15) is 24.1 Å². The molecular formula is C13H18N2O3. The summed E-state index contributed by atoms with van der Waals surface area (Å²) in [6, 6.07) is 5.88. The van der Waals surface area contributed by atoms with E-state index >= 15 is 0 Å². The number of carbonyl (C=O) groups is 1. The number of nitrogens with two attached hydrogens (primary N) is 1. The molecule has 1 aliphatic heterocycles. The van der Waals surface area contributed by atoms with Gasteiger partial charge in [0, 0.05) is 6.04 Å². The molecule has 18 heavy (non-hydrogen) atoms. The van der Waals surface area contributed by atoms with Crippen LogP contribution in [0.5, 0.6) is 5.75 Å². The second kappa shape index (κ2) is 5.27. The van der Waals surface area contributed by atoms with Crippen LogP contribution in [0.4, 0.5) is 4.79 Å². The van der Waals surface area contributed by atoms with Gasteiger partial charge in [-0.05, 0) is 31.0 Å².